The van der Waals surface area contributed by atoms with Crippen LogP contribution in [0.3, 0.4) is 0 Å². The molecule has 1 heterocycles. The molecule has 0 N–H and O–H groups in total. The molecule has 0 spiro atoms. The van der Waals surface area contributed by atoms with Crippen LogP contribution in [0, 0.1) is 0 Å². The van der Waals surface area contributed by atoms with Crippen LogP contribution in [-0.2, 0) is 0 Å². The highest BCUT2D eigenvalue weighted by Gasteiger charge is 2.16. The molecule has 1 aliphatic rings. The number of ether oxygens (including phenoxy) is 2. The number of fused-ring (bicyclic) bond motifs is 1. The predicted octanol–water partition coefficient (Wildman–Crippen LogP) is 1.12. The summed E-state index contributed by atoms with van der Waals surface area (Å²) in [7, 11) is 3.43. The zero-order valence-corrected chi connectivity index (χ0v) is 8.11. The second kappa shape index (κ2) is 3.21. The molecule has 1 aromatic carbocycles. The van der Waals surface area contributed by atoms with Gasteiger partial charge in [-0.05, 0) is 18.2 Å². The van der Waals surface area contributed by atoms with E-state index < -0.39 is 0 Å². The summed E-state index contributed by atoms with van der Waals surface area (Å²) < 4.78 is 10.3. The van der Waals surface area contributed by atoms with E-state index in [1.807, 2.05) is 0 Å². The first kappa shape index (κ1) is 8.87. The molecular weight excluding hydrogens is 182 g/mol. The maximum absolute atomic E-state index is 11.6. The summed E-state index contributed by atoms with van der Waals surface area (Å²) in [6, 6.07) is 5.18. The van der Waals surface area contributed by atoms with Crippen molar-refractivity contribution in [1.82, 2.24) is 4.90 Å². The largest absolute Gasteiger partial charge is 0.454 e. The Morgan fingerprint density at radius 1 is 1.29 bits per heavy atom. The van der Waals surface area contributed by atoms with Gasteiger partial charge < -0.3 is 14.4 Å². The topological polar surface area (TPSA) is 38.8 Å². The van der Waals surface area contributed by atoms with E-state index >= 15 is 0 Å². The summed E-state index contributed by atoms with van der Waals surface area (Å²) >= 11 is 0. The molecule has 1 amide bonds. The van der Waals surface area contributed by atoms with E-state index in [0.717, 1.165) is 0 Å². The van der Waals surface area contributed by atoms with Gasteiger partial charge in [0.15, 0.2) is 11.5 Å². The van der Waals surface area contributed by atoms with Gasteiger partial charge in [0.25, 0.3) is 5.91 Å². The summed E-state index contributed by atoms with van der Waals surface area (Å²) in [5, 5.41) is 0. The van der Waals surface area contributed by atoms with E-state index in [0.29, 0.717) is 17.1 Å². The predicted molar refractivity (Wildman–Crippen MR) is 50.6 cm³/mol. The number of carbonyl (C=O) groups is 1. The molecule has 1 aliphatic heterocycles. The first-order chi connectivity index (χ1) is 6.68. The van der Waals surface area contributed by atoms with Crippen LogP contribution in [0.1, 0.15) is 10.4 Å². The SMILES string of the molecule is CN(C)C(=O)c1ccc2c(c1)OCO2. The van der Waals surface area contributed by atoms with Gasteiger partial charge in [-0.15, -0.1) is 0 Å². The van der Waals surface area contributed by atoms with Crippen molar-refractivity contribution in [2.45, 2.75) is 0 Å². The fourth-order valence-electron chi connectivity index (χ4n) is 1.29. The van der Waals surface area contributed by atoms with E-state index in [9.17, 15) is 4.79 Å². The second-order valence-electron chi connectivity index (χ2n) is 3.27. The van der Waals surface area contributed by atoms with E-state index in [1.165, 1.54) is 4.90 Å². The van der Waals surface area contributed by atoms with Gasteiger partial charge in [0, 0.05) is 19.7 Å². The number of amides is 1. The highest BCUT2D eigenvalue weighted by Crippen LogP contribution is 2.32. The Morgan fingerprint density at radius 3 is 2.71 bits per heavy atom. The average Bonchev–Trinajstić information content (AvgIpc) is 2.62. The molecule has 0 unspecified atom stereocenters. The van der Waals surface area contributed by atoms with Crippen molar-refractivity contribution in [1.29, 1.82) is 0 Å². The molecule has 0 bridgehead atoms. The quantitative estimate of drug-likeness (QED) is 0.670. The molecule has 1 aromatic rings. The van der Waals surface area contributed by atoms with Crippen LogP contribution in [0.5, 0.6) is 11.5 Å². The average molecular weight is 193 g/mol. The summed E-state index contributed by atoms with van der Waals surface area (Å²) in [5.74, 6) is 1.29. The summed E-state index contributed by atoms with van der Waals surface area (Å²) in [5.41, 5.74) is 0.610. The van der Waals surface area contributed by atoms with Crippen molar-refractivity contribution in [2.75, 3.05) is 20.9 Å². The lowest BCUT2D eigenvalue weighted by Gasteiger charge is -2.10. The molecule has 0 aromatic heterocycles. The van der Waals surface area contributed by atoms with Gasteiger partial charge in [0.2, 0.25) is 6.79 Å². The van der Waals surface area contributed by atoms with Crippen LogP contribution < -0.4 is 9.47 Å². The van der Waals surface area contributed by atoms with Gasteiger partial charge in [-0.25, -0.2) is 0 Å². The molecule has 0 atom stereocenters. The number of hydrogen-bond donors (Lipinski definition) is 0. The van der Waals surface area contributed by atoms with Crippen molar-refractivity contribution < 1.29 is 14.3 Å². The molecule has 0 aliphatic carbocycles. The van der Waals surface area contributed by atoms with Gasteiger partial charge in [-0.1, -0.05) is 0 Å². The lowest BCUT2D eigenvalue weighted by molar-refractivity contribution is 0.0827. The minimum Gasteiger partial charge on any atom is -0.454 e. The Kier molecular flexibility index (Phi) is 2.04. The van der Waals surface area contributed by atoms with Crippen LogP contribution in [0.2, 0.25) is 0 Å². The van der Waals surface area contributed by atoms with Crippen LogP contribution in [0.4, 0.5) is 0 Å². The maximum Gasteiger partial charge on any atom is 0.253 e. The monoisotopic (exact) mass is 193 g/mol. The van der Waals surface area contributed by atoms with E-state index in [2.05, 4.69) is 0 Å². The number of nitrogens with zero attached hydrogens (tertiary/aromatic N) is 1. The molecule has 74 valence electrons. The van der Waals surface area contributed by atoms with E-state index in [1.54, 1.807) is 32.3 Å². The van der Waals surface area contributed by atoms with Gasteiger partial charge >= 0.3 is 0 Å². The first-order valence-electron chi connectivity index (χ1n) is 4.30. The molecular formula is C10H11NO3. The lowest BCUT2D eigenvalue weighted by atomic mass is 10.2. The van der Waals surface area contributed by atoms with Gasteiger partial charge in [0.05, 0.1) is 0 Å². The summed E-state index contributed by atoms with van der Waals surface area (Å²) in [6.45, 7) is 0.231. The Balaban J connectivity index is 2.33. The zero-order valence-electron chi connectivity index (χ0n) is 8.11. The number of rotatable bonds is 1. The van der Waals surface area contributed by atoms with Crippen molar-refractivity contribution in [2.24, 2.45) is 0 Å². The molecule has 2 rings (SSSR count). The first-order valence-corrected chi connectivity index (χ1v) is 4.30. The summed E-state index contributed by atoms with van der Waals surface area (Å²) in [4.78, 5) is 13.1. The molecule has 0 saturated heterocycles. The van der Waals surface area contributed by atoms with Gasteiger partial charge in [0.1, 0.15) is 0 Å². The Morgan fingerprint density at radius 2 is 2.00 bits per heavy atom. The number of benzene rings is 1. The Bertz CT molecular complexity index is 374. The second-order valence-corrected chi connectivity index (χ2v) is 3.27. The van der Waals surface area contributed by atoms with Crippen LogP contribution in [-0.4, -0.2) is 31.7 Å². The smallest absolute Gasteiger partial charge is 0.253 e. The fraction of sp³-hybridized carbons (Fsp3) is 0.300. The molecule has 0 fully saturated rings. The Labute approximate surface area is 82.0 Å². The number of hydrogen-bond acceptors (Lipinski definition) is 3. The standard InChI is InChI=1S/C10H11NO3/c1-11(2)10(12)7-3-4-8-9(5-7)14-6-13-8/h3-5H,6H2,1-2H3. The molecule has 14 heavy (non-hydrogen) atoms. The van der Waals surface area contributed by atoms with Crippen molar-refractivity contribution in [3.05, 3.63) is 23.8 Å². The third-order valence-corrected chi connectivity index (χ3v) is 2.03. The van der Waals surface area contributed by atoms with E-state index in [4.69, 9.17) is 9.47 Å². The molecule has 0 saturated carbocycles. The van der Waals surface area contributed by atoms with Crippen molar-refractivity contribution in [3.8, 4) is 11.5 Å². The lowest BCUT2D eigenvalue weighted by Crippen LogP contribution is -2.21. The summed E-state index contributed by atoms with van der Waals surface area (Å²) in [6.07, 6.45) is 0. The highest BCUT2D eigenvalue weighted by molar-refractivity contribution is 5.94. The third-order valence-electron chi connectivity index (χ3n) is 2.03. The van der Waals surface area contributed by atoms with Crippen LogP contribution in [0.25, 0.3) is 0 Å². The van der Waals surface area contributed by atoms with Crippen molar-refractivity contribution >= 4 is 5.91 Å². The van der Waals surface area contributed by atoms with Gasteiger partial charge in [-0.2, -0.15) is 0 Å². The van der Waals surface area contributed by atoms with Crippen molar-refractivity contribution in [3.63, 3.8) is 0 Å². The van der Waals surface area contributed by atoms with E-state index in [-0.39, 0.29) is 12.7 Å². The van der Waals surface area contributed by atoms with Crippen LogP contribution >= 0.6 is 0 Å². The number of carbonyl (C=O) groups excluding carboxylic acids is 1. The third kappa shape index (κ3) is 1.39. The molecule has 4 nitrogen and oxygen atoms in total. The minimum absolute atomic E-state index is 0.0386. The van der Waals surface area contributed by atoms with Gasteiger partial charge in [-0.3, -0.25) is 4.79 Å². The minimum atomic E-state index is -0.0386. The molecule has 4 heteroatoms. The molecule has 0 radical (unpaired) electrons. The van der Waals surface area contributed by atoms with Crippen LogP contribution in [0.15, 0.2) is 18.2 Å². The Hall–Kier alpha value is -1.71. The normalized spacial score (nSPS) is 12.7. The maximum atomic E-state index is 11.6. The fourth-order valence-corrected chi connectivity index (χ4v) is 1.29. The highest BCUT2D eigenvalue weighted by atomic mass is 16.7. The zero-order chi connectivity index (χ0) is 10.1.